The van der Waals surface area contributed by atoms with Gasteiger partial charge in [0.05, 0.1) is 6.21 Å². The van der Waals surface area contributed by atoms with Gasteiger partial charge in [0.2, 0.25) is 0 Å². The van der Waals surface area contributed by atoms with Crippen molar-refractivity contribution in [2.75, 3.05) is 0 Å². The molecule has 144 valence electrons. The van der Waals surface area contributed by atoms with E-state index in [9.17, 15) is 18.4 Å². The molecule has 0 saturated carbocycles. The van der Waals surface area contributed by atoms with E-state index in [1.54, 1.807) is 48.5 Å². The van der Waals surface area contributed by atoms with E-state index in [1.165, 1.54) is 6.07 Å². The lowest BCUT2D eigenvalue weighted by molar-refractivity contribution is -0.130. The molecular formula is C22H15F2N3O2. The molecule has 1 aliphatic rings. The van der Waals surface area contributed by atoms with Crippen LogP contribution in [0.25, 0.3) is 0 Å². The van der Waals surface area contributed by atoms with E-state index in [1.807, 2.05) is 12.1 Å². The Morgan fingerprint density at radius 3 is 1.97 bits per heavy atom. The normalized spacial score (nSPS) is 15.7. The predicted octanol–water partition coefficient (Wildman–Crippen LogP) is 3.79. The fourth-order valence-corrected chi connectivity index (χ4v) is 3.27. The molecule has 0 radical (unpaired) electrons. The Balaban J connectivity index is 1.76. The van der Waals surface area contributed by atoms with Crippen LogP contribution in [0.2, 0.25) is 0 Å². The summed E-state index contributed by atoms with van der Waals surface area (Å²) in [4.78, 5) is 26.0. The summed E-state index contributed by atoms with van der Waals surface area (Å²) in [6.45, 7) is 0. The van der Waals surface area contributed by atoms with E-state index in [4.69, 9.17) is 0 Å². The number of imide groups is 1. The van der Waals surface area contributed by atoms with E-state index >= 15 is 0 Å². The molecule has 3 amide bonds. The maximum atomic E-state index is 13.4. The van der Waals surface area contributed by atoms with Crippen LogP contribution < -0.4 is 5.32 Å². The number of nitrogens with zero attached hydrogens (tertiary/aromatic N) is 2. The first-order valence-corrected chi connectivity index (χ1v) is 8.79. The second-order valence-electron chi connectivity index (χ2n) is 6.45. The zero-order valence-corrected chi connectivity index (χ0v) is 15.0. The van der Waals surface area contributed by atoms with Crippen molar-refractivity contribution in [1.82, 2.24) is 10.3 Å². The minimum atomic E-state index is -1.44. The summed E-state index contributed by atoms with van der Waals surface area (Å²) in [7, 11) is 0. The van der Waals surface area contributed by atoms with Gasteiger partial charge in [-0.1, -0.05) is 66.7 Å². The van der Waals surface area contributed by atoms with Crippen LogP contribution in [0.15, 0.2) is 84.0 Å². The number of hydrogen-bond acceptors (Lipinski definition) is 3. The number of hydrogen-bond donors (Lipinski definition) is 1. The second kappa shape index (κ2) is 7.27. The number of hydrazone groups is 1. The number of amides is 3. The first kappa shape index (κ1) is 18.5. The van der Waals surface area contributed by atoms with E-state index < -0.39 is 29.1 Å². The highest BCUT2D eigenvalue weighted by Gasteiger charge is 2.54. The molecule has 7 heteroatoms. The molecule has 1 saturated heterocycles. The van der Waals surface area contributed by atoms with Gasteiger partial charge in [-0.15, -0.1) is 5.01 Å². The molecule has 4 rings (SSSR count). The second-order valence-corrected chi connectivity index (χ2v) is 6.45. The van der Waals surface area contributed by atoms with Gasteiger partial charge >= 0.3 is 6.03 Å². The number of nitrogens with one attached hydrogen (secondary N) is 1. The van der Waals surface area contributed by atoms with Crippen molar-refractivity contribution in [2.24, 2.45) is 5.10 Å². The van der Waals surface area contributed by atoms with E-state index in [0.29, 0.717) is 16.1 Å². The van der Waals surface area contributed by atoms with E-state index in [2.05, 4.69) is 10.4 Å². The van der Waals surface area contributed by atoms with Crippen molar-refractivity contribution in [3.8, 4) is 0 Å². The topological polar surface area (TPSA) is 61.8 Å². The molecule has 5 nitrogen and oxygen atoms in total. The van der Waals surface area contributed by atoms with Crippen molar-refractivity contribution >= 4 is 18.2 Å². The standard InChI is InChI=1S/C22H15F2N3O2/c23-18-12-11-15(13-19(18)24)14-25-27-20(28)22(26-21(27)29,16-7-3-1-4-8-16)17-9-5-2-6-10-17/h1-14H,(H,26,29)/b25-14-. The largest absolute Gasteiger partial charge is 0.346 e. The third-order valence-electron chi connectivity index (χ3n) is 4.68. The van der Waals surface area contributed by atoms with Crippen molar-refractivity contribution in [2.45, 2.75) is 5.54 Å². The van der Waals surface area contributed by atoms with E-state index in [0.717, 1.165) is 18.3 Å². The first-order chi connectivity index (χ1) is 14.0. The third-order valence-corrected chi connectivity index (χ3v) is 4.68. The lowest BCUT2D eigenvalue weighted by Gasteiger charge is -2.27. The number of urea groups is 1. The molecule has 3 aromatic rings. The van der Waals surface area contributed by atoms with Gasteiger partial charge in [-0.25, -0.2) is 13.6 Å². The van der Waals surface area contributed by atoms with Gasteiger partial charge in [0.15, 0.2) is 17.2 Å². The summed E-state index contributed by atoms with van der Waals surface area (Å²) in [5, 5.41) is 7.37. The maximum absolute atomic E-state index is 13.4. The number of halogens is 2. The SMILES string of the molecule is O=C1NC(c2ccccc2)(c2ccccc2)C(=O)N1/N=C\c1ccc(F)c(F)c1. The molecule has 0 atom stereocenters. The van der Waals surface area contributed by atoms with Crippen LogP contribution in [0.1, 0.15) is 16.7 Å². The average molecular weight is 391 g/mol. The molecule has 3 aromatic carbocycles. The van der Waals surface area contributed by atoms with Gasteiger partial charge in [0.1, 0.15) is 0 Å². The summed E-state index contributed by atoms with van der Waals surface area (Å²) < 4.78 is 26.5. The molecule has 0 aliphatic carbocycles. The Hall–Kier alpha value is -3.87. The number of carbonyl (C=O) groups is 2. The molecule has 1 fully saturated rings. The lowest BCUT2D eigenvalue weighted by atomic mass is 9.83. The maximum Gasteiger partial charge on any atom is 0.346 e. The summed E-state index contributed by atoms with van der Waals surface area (Å²) in [6.07, 6.45) is 1.13. The fraction of sp³-hybridized carbons (Fsp3) is 0.0455. The van der Waals surface area contributed by atoms with Crippen molar-refractivity contribution in [3.63, 3.8) is 0 Å². The van der Waals surface area contributed by atoms with Crippen LogP contribution >= 0.6 is 0 Å². The molecule has 0 bridgehead atoms. The third kappa shape index (κ3) is 3.16. The van der Waals surface area contributed by atoms with Crippen LogP contribution in [0.5, 0.6) is 0 Å². The molecule has 29 heavy (non-hydrogen) atoms. The summed E-state index contributed by atoms with van der Waals surface area (Å²) in [6, 6.07) is 20.1. The molecular weight excluding hydrogens is 376 g/mol. The molecule has 1 heterocycles. The summed E-state index contributed by atoms with van der Waals surface area (Å²) in [5.41, 5.74) is -0.0723. The Bertz CT molecular complexity index is 1060. The van der Waals surface area contributed by atoms with Crippen molar-refractivity contribution < 1.29 is 18.4 Å². The molecule has 0 spiro atoms. The highest BCUT2D eigenvalue weighted by atomic mass is 19.2. The fourth-order valence-electron chi connectivity index (χ4n) is 3.27. The highest BCUT2D eigenvalue weighted by molar-refractivity contribution is 6.09. The monoisotopic (exact) mass is 391 g/mol. The zero-order valence-electron chi connectivity index (χ0n) is 15.0. The van der Waals surface area contributed by atoms with Gasteiger partial charge < -0.3 is 5.32 Å². The summed E-state index contributed by atoms with van der Waals surface area (Å²) in [5.74, 6) is -2.64. The zero-order chi connectivity index (χ0) is 20.4. The van der Waals surface area contributed by atoms with E-state index in [-0.39, 0.29) is 5.56 Å². The van der Waals surface area contributed by atoms with Gasteiger partial charge in [0, 0.05) is 0 Å². The lowest BCUT2D eigenvalue weighted by Crippen LogP contribution is -2.44. The molecule has 1 N–H and O–H groups in total. The Morgan fingerprint density at radius 2 is 1.41 bits per heavy atom. The molecule has 0 unspecified atom stereocenters. The Labute approximate surface area is 165 Å². The Kier molecular flexibility index (Phi) is 4.64. The average Bonchev–Trinajstić information content (AvgIpc) is 3.01. The first-order valence-electron chi connectivity index (χ1n) is 8.79. The van der Waals surface area contributed by atoms with Gasteiger partial charge in [-0.2, -0.15) is 5.10 Å². The van der Waals surface area contributed by atoms with Crippen LogP contribution in [0.4, 0.5) is 13.6 Å². The van der Waals surface area contributed by atoms with Crippen LogP contribution in [-0.4, -0.2) is 23.2 Å². The number of rotatable bonds is 4. The van der Waals surface area contributed by atoms with Crippen LogP contribution in [-0.2, 0) is 10.3 Å². The smallest absolute Gasteiger partial charge is 0.314 e. The minimum absolute atomic E-state index is 0.210. The molecule has 0 aromatic heterocycles. The Morgan fingerprint density at radius 1 is 0.828 bits per heavy atom. The predicted molar refractivity (Wildman–Crippen MR) is 103 cm³/mol. The number of benzene rings is 3. The van der Waals surface area contributed by atoms with Gasteiger partial charge in [-0.05, 0) is 28.8 Å². The quantitative estimate of drug-likeness (QED) is 0.543. The minimum Gasteiger partial charge on any atom is -0.314 e. The summed E-state index contributed by atoms with van der Waals surface area (Å²) >= 11 is 0. The molecule has 1 aliphatic heterocycles. The van der Waals surface area contributed by atoms with Crippen molar-refractivity contribution in [3.05, 3.63) is 107 Å². The van der Waals surface area contributed by atoms with Gasteiger partial charge in [-0.3, -0.25) is 4.79 Å². The highest BCUT2D eigenvalue weighted by Crippen LogP contribution is 2.36. The van der Waals surface area contributed by atoms with Crippen LogP contribution in [0.3, 0.4) is 0 Å². The van der Waals surface area contributed by atoms with Gasteiger partial charge in [0.25, 0.3) is 5.91 Å². The van der Waals surface area contributed by atoms with Crippen LogP contribution in [0, 0.1) is 11.6 Å². The number of carbonyl (C=O) groups excluding carboxylic acids is 2. The van der Waals surface area contributed by atoms with Crippen molar-refractivity contribution in [1.29, 1.82) is 0 Å².